The molecule has 1 aromatic carbocycles. The van der Waals surface area contributed by atoms with Crippen molar-refractivity contribution in [2.75, 3.05) is 0 Å². The van der Waals surface area contributed by atoms with E-state index in [1.54, 1.807) is 13.0 Å². The Morgan fingerprint density at radius 2 is 2.16 bits per heavy atom. The summed E-state index contributed by atoms with van der Waals surface area (Å²) in [4.78, 5) is 12.8. The normalized spacial score (nSPS) is 12.2. The number of thiophene rings is 1. The van der Waals surface area contributed by atoms with Gasteiger partial charge in [0.2, 0.25) is 0 Å². The van der Waals surface area contributed by atoms with E-state index in [1.165, 1.54) is 17.4 Å². The SMILES string of the molecule is CC(NC(=O)c1ccc(F)cc1O)c1ccc(Cl)s1. The summed E-state index contributed by atoms with van der Waals surface area (Å²) in [6, 6.07) is 6.61. The van der Waals surface area contributed by atoms with E-state index in [9.17, 15) is 14.3 Å². The van der Waals surface area contributed by atoms with Crippen LogP contribution in [0.15, 0.2) is 30.3 Å². The van der Waals surface area contributed by atoms with Gasteiger partial charge in [0, 0.05) is 10.9 Å². The molecule has 19 heavy (non-hydrogen) atoms. The van der Waals surface area contributed by atoms with Crippen molar-refractivity contribution >= 4 is 28.8 Å². The molecule has 3 nitrogen and oxygen atoms in total. The Kier molecular flexibility index (Phi) is 4.07. The van der Waals surface area contributed by atoms with Crippen molar-refractivity contribution < 1.29 is 14.3 Å². The lowest BCUT2D eigenvalue weighted by molar-refractivity contribution is 0.0938. The molecule has 2 rings (SSSR count). The molecule has 6 heteroatoms. The topological polar surface area (TPSA) is 49.3 Å². The van der Waals surface area contributed by atoms with Crippen LogP contribution < -0.4 is 5.32 Å². The average Bonchev–Trinajstić information content (AvgIpc) is 2.75. The van der Waals surface area contributed by atoms with Crippen LogP contribution in [-0.2, 0) is 0 Å². The Morgan fingerprint density at radius 1 is 1.42 bits per heavy atom. The van der Waals surface area contributed by atoms with Crippen molar-refractivity contribution in [3.8, 4) is 5.75 Å². The summed E-state index contributed by atoms with van der Waals surface area (Å²) in [5.74, 6) is -1.43. The second kappa shape index (κ2) is 5.59. The van der Waals surface area contributed by atoms with E-state index in [0.717, 1.165) is 17.0 Å². The molecule has 0 saturated carbocycles. The molecule has 100 valence electrons. The standard InChI is InChI=1S/C13H11ClFNO2S/c1-7(11-4-5-12(14)19-11)16-13(18)9-3-2-8(15)6-10(9)17/h2-7,17H,1H3,(H,16,18). The number of carbonyl (C=O) groups excluding carboxylic acids is 1. The highest BCUT2D eigenvalue weighted by atomic mass is 35.5. The average molecular weight is 300 g/mol. The minimum atomic E-state index is -0.591. The predicted octanol–water partition coefficient (Wildman–Crippen LogP) is 3.74. The van der Waals surface area contributed by atoms with E-state index in [0.29, 0.717) is 4.34 Å². The Morgan fingerprint density at radius 3 is 2.74 bits per heavy atom. The molecular weight excluding hydrogens is 289 g/mol. The van der Waals surface area contributed by atoms with Crippen molar-refractivity contribution in [1.29, 1.82) is 0 Å². The molecule has 0 radical (unpaired) electrons. The van der Waals surface area contributed by atoms with E-state index in [-0.39, 0.29) is 17.4 Å². The van der Waals surface area contributed by atoms with Gasteiger partial charge in [-0.25, -0.2) is 4.39 Å². The second-order valence-electron chi connectivity index (χ2n) is 4.00. The monoisotopic (exact) mass is 299 g/mol. The number of phenols is 1. The fraction of sp³-hybridized carbons (Fsp3) is 0.154. The molecule has 0 spiro atoms. The summed E-state index contributed by atoms with van der Waals surface area (Å²) in [5, 5.41) is 12.2. The van der Waals surface area contributed by atoms with Gasteiger partial charge in [0.1, 0.15) is 11.6 Å². The maximum absolute atomic E-state index is 12.8. The fourth-order valence-corrected chi connectivity index (χ4v) is 2.67. The van der Waals surface area contributed by atoms with Crippen LogP contribution >= 0.6 is 22.9 Å². The molecule has 1 unspecified atom stereocenters. The van der Waals surface area contributed by atoms with Crippen LogP contribution in [-0.4, -0.2) is 11.0 Å². The number of hydrogen-bond acceptors (Lipinski definition) is 3. The third-order valence-corrected chi connectivity index (χ3v) is 3.99. The molecule has 0 aliphatic heterocycles. The highest BCUT2D eigenvalue weighted by Gasteiger charge is 2.16. The molecule has 1 aromatic heterocycles. The van der Waals surface area contributed by atoms with Gasteiger partial charge in [0.15, 0.2) is 0 Å². The number of aromatic hydroxyl groups is 1. The first kappa shape index (κ1) is 13.8. The summed E-state index contributed by atoms with van der Waals surface area (Å²) < 4.78 is 13.5. The number of amides is 1. The van der Waals surface area contributed by atoms with Crippen LogP contribution in [0.4, 0.5) is 4.39 Å². The number of carbonyl (C=O) groups is 1. The smallest absolute Gasteiger partial charge is 0.255 e. The molecule has 0 saturated heterocycles. The molecule has 0 bridgehead atoms. The van der Waals surface area contributed by atoms with Crippen LogP contribution in [0.25, 0.3) is 0 Å². The highest BCUT2D eigenvalue weighted by Crippen LogP contribution is 2.27. The lowest BCUT2D eigenvalue weighted by Crippen LogP contribution is -2.26. The van der Waals surface area contributed by atoms with Crippen LogP contribution in [0.2, 0.25) is 4.34 Å². The first-order valence-electron chi connectivity index (χ1n) is 5.52. The minimum Gasteiger partial charge on any atom is -0.507 e. The molecule has 1 heterocycles. The van der Waals surface area contributed by atoms with Crippen molar-refractivity contribution in [3.05, 3.63) is 50.9 Å². The summed E-state index contributed by atoms with van der Waals surface area (Å²) in [6.07, 6.45) is 0. The molecule has 0 aliphatic carbocycles. The fourth-order valence-electron chi connectivity index (χ4n) is 1.60. The van der Waals surface area contributed by atoms with Gasteiger partial charge >= 0.3 is 0 Å². The van der Waals surface area contributed by atoms with E-state index >= 15 is 0 Å². The van der Waals surface area contributed by atoms with Crippen LogP contribution in [0.5, 0.6) is 5.75 Å². The molecule has 0 aliphatic rings. The molecular formula is C13H11ClFNO2S. The molecule has 0 fully saturated rings. The largest absolute Gasteiger partial charge is 0.507 e. The van der Waals surface area contributed by atoms with Gasteiger partial charge in [0.25, 0.3) is 5.91 Å². The summed E-state index contributed by atoms with van der Waals surface area (Å²) in [6.45, 7) is 1.81. The lowest BCUT2D eigenvalue weighted by Gasteiger charge is -2.12. The Balaban J connectivity index is 2.12. The van der Waals surface area contributed by atoms with Gasteiger partial charge in [-0.05, 0) is 31.2 Å². The van der Waals surface area contributed by atoms with E-state index in [2.05, 4.69) is 5.32 Å². The van der Waals surface area contributed by atoms with Crippen LogP contribution in [0.1, 0.15) is 28.2 Å². The lowest BCUT2D eigenvalue weighted by atomic mass is 10.1. The Hall–Kier alpha value is -1.59. The number of rotatable bonds is 3. The number of nitrogens with one attached hydrogen (secondary N) is 1. The van der Waals surface area contributed by atoms with Gasteiger partial charge in [-0.1, -0.05) is 11.6 Å². The van der Waals surface area contributed by atoms with E-state index < -0.39 is 11.7 Å². The number of hydrogen-bond donors (Lipinski definition) is 2. The first-order valence-corrected chi connectivity index (χ1v) is 6.71. The number of benzene rings is 1. The minimum absolute atomic E-state index is 0.0379. The maximum Gasteiger partial charge on any atom is 0.255 e. The Bertz CT molecular complexity index is 614. The second-order valence-corrected chi connectivity index (χ2v) is 5.75. The number of halogens is 2. The molecule has 2 aromatic rings. The van der Waals surface area contributed by atoms with Gasteiger partial charge in [-0.15, -0.1) is 11.3 Å². The van der Waals surface area contributed by atoms with Gasteiger partial charge in [-0.2, -0.15) is 0 Å². The van der Waals surface area contributed by atoms with Crippen LogP contribution in [0.3, 0.4) is 0 Å². The zero-order chi connectivity index (χ0) is 14.0. The molecule has 1 amide bonds. The molecule has 1 atom stereocenters. The Labute approximate surface area is 118 Å². The van der Waals surface area contributed by atoms with Gasteiger partial charge in [0.05, 0.1) is 15.9 Å². The highest BCUT2D eigenvalue weighted by molar-refractivity contribution is 7.16. The third-order valence-electron chi connectivity index (χ3n) is 2.57. The molecule has 2 N–H and O–H groups in total. The van der Waals surface area contributed by atoms with Crippen LogP contribution in [0, 0.1) is 5.82 Å². The van der Waals surface area contributed by atoms with Crippen molar-refractivity contribution in [2.45, 2.75) is 13.0 Å². The van der Waals surface area contributed by atoms with Crippen molar-refractivity contribution in [3.63, 3.8) is 0 Å². The third kappa shape index (κ3) is 3.24. The number of phenolic OH excluding ortho intramolecular Hbond substituents is 1. The zero-order valence-corrected chi connectivity index (χ0v) is 11.6. The quantitative estimate of drug-likeness (QED) is 0.907. The van der Waals surface area contributed by atoms with Gasteiger partial charge < -0.3 is 10.4 Å². The zero-order valence-electron chi connectivity index (χ0n) is 9.98. The van der Waals surface area contributed by atoms with E-state index in [1.807, 2.05) is 6.07 Å². The van der Waals surface area contributed by atoms with E-state index in [4.69, 9.17) is 11.6 Å². The maximum atomic E-state index is 12.8. The van der Waals surface area contributed by atoms with Crippen molar-refractivity contribution in [1.82, 2.24) is 5.32 Å². The predicted molar refractivity (Wildman–Crippen MR) is 73.3 cm³/mol. The summed E-state index contributed by atoms with van der Waals surface area (Å²) in [7, 11) is 0. The van der Waals surface area contributed by atoms with Crippen molar-refractivity contribution in [2.24, 2.45) is 0 Å². The summed E-state index contributed by atoms with van der Waals surface area (Å²) >= 11 is 7.19. The summed E-state index contributed by atoms with van der Waals surface area (Å²) in [5.41, 5.74) is 0.0379. The van der Waals surface area contributed by atoms with Gasteiger partial charge in [-0.3, -0.25) is 4.79 Å². The first-order chi connectivity index (χ1) is 8.97.